The first-order chi connectivity index (χ1) is 11.4. The summed E-state index contributed by atoms with van der Waals surface area (Å²) in [5.74, 6) is 0.0729. The van der Waals surface area contributed by atoms with Crippen LogP contribution in [0.15, 0.2) is 42.5 Å². The fourth-order valence-corrected chi connectivity index (χ4v) is 2.63. The van der Waals surface area contributed by atoms with Crippen molar-refractivity contribution in [1.82, 2.24) is 0 Å². The van der Waals surface area contributed by atoms with Gasteiger partial charge in [-0.25, -0.2) is 0 Å². The number of hydrogen-bond donors (Lipinski definition) is 2. The monoisotopic (exact) mass is 438 g/mol. The minimum absolute atomic E-state index is 0.0936. The van der Waals surface area contributed by atoms with Crippen LogP contribution in [0, 0.1) is 9.49 Å². The number of hydrogen-bond acceptors (Lipinski definition) is 3. The molecule has 126 valence electrons. The summed E-state index contributed by atoms with van der Waals surface area (Å²) in [6, 6.07) is 12.5. The highest BCUT2D eigenvalue weighted by Gasteiger charge is 2.13. The maximum atomic E-state index is 12.4. The first-order valence-electron chi connectivity index (χ1n) is 7.47. The van der Waals surface area contributed by atoms with E-state index in [9.17, 15) is 9.59 Å². The zero-order valence-corrected chi connectivity index (χ0v) is 15.9. The predicted octanol–water partition coefficient (Wildman–Crippen LogP) is 4.15. The molecule has 0 unspecified atom stereocenters. The summed E-state index contributed by atoms with van der Waals surface area (Å²) in [7, 11) is 1.52. The molecule has 0 bridgehead atoms. The summed E-state index contributed by atoms with van der Waals surface area (Å²) >= 11 is 2.12. The van der Waals surface area contributed by atoms with E-state index in [1.165, 1.54) is 7.11 Å². The van der Waals surface area contributed by atoms with Crippen molar-refractivity contribution in [2.75, 3.05) is 17.7 Å². The first-order valence-corrected chi connectivity index (χ1v) is 8.55. The van der Waals surface area contributed by atoms with E-state index < -0.39 is 0 Å². The minimum atomic E-state index is -0.194. The van der Waals surface area contributed by atoms with Crippen molar-refractivity contribution in [1.29, 1.82) is 0 Å². The van der Waals surface area contributed by atoms with Crippen LogP contribution in [-0.4, -0.2) is 18.9 Å². The second-order valence-electron chi connectivity index (χ2n) is 5.49. The number of methoxy groups -OCH3 is 1. The van der Waals surface area contributed by atoms with Gasteiger partial charge in [0.05, 0.1) is 18.4 Å². The summed E-state index contributed by atoms with van der Waals surface area (Å²) in [5, 5.41) is 5.65. The molecule has 0 aliphatic heterocycles. The normalized spacial score (nSPS) is 10.4. The van der Waals surface area contributed by atoms with E-state index in [0.717, 1.165) is 3.57 Å². The second kappa shape index (κ2) is 8.14. The Bertz CT molecular complexity index is 760. The van der Waals surface area contributed by atoms with Crippen molar-refractivity contribution in [3.8, 4) is 5.75 Å². The molecule has 0 aliphatic carbocycles. The van der Waals surface area contributed by atoms with Crippen LogP contribution in [-0.2, 0) is 4.79 Å². The molecule has 0 heterocycles. The van der Waals surface area contributed by atoms with Crippen molar-refractivity contribution in [2.45, 2.75) is 13.8 Å². The van der Waals surface area contributed by atoms with Gasteiger partial charge in [-0.05, 0) is 46.9 Å². The van der Waals surface area contributed by atoms with Crippen LogP contribution in [0.5, 0.6) is 5.75 Å². The van der Waals surface area contributed by atoms with Crippen LogP contribution in [0.25, 0.3) is 0 Å². The summed E-state index contributed by atoms with van der Waals surface area (Å²) in [6.45, 7) is 3.63. The number of halogens is 1. The number of nitrogens with one attached hydrogen (secondary N) is 2. The SMILES string of the molecule is COc1cc(NC(=O)c2ccccc2I)ccc1NC(=O)C(C)C. The number of benzene rings is 2. The highest BCUT2D eigenvalue weighted by atomic mass is 127. The Morgan fingerprint density at radius 2 is 1.79 bits per heavy atom. The van der Waals surface area contributed by atoms with E-state index in [-0.39, 0.29) is 17.7 Å². The fourth-order valence-electron chi connectivity index (χ4n) is 1.99. The van der Waals surface area contributed by atoms with Gasteiger partial charge in [-0.15, -0.1) is 0 Å². The lowest BCUT2D eigenvalue weighted by Gasteiger charge is -2.14. The predicted molar refractivity (Wildman–Crippen MR) is 104 cm³/mol. The van der Waals surface area contributed by atoms with Crippen LogP contribution in [0.4, 0.5) is 11.4 Å². The second-order valence-corrected chi connectivity index (χ2v) is 6.66. The lowest BCUT2D eigenvalue weighted by molar-refractivity contribution is -0.118. The Morgan fingerprint density at radius 3 is 2.42 bits per heavy atom. The molecule has 0 aromatic heterocycles. The van der Waals surface area contributed by atoms with Gasteiger partial charge >= 0.3 is 0 Å². The quantitative estimate of drug-likeness (QED) is 0.690. The van der Waals surface area contributed by atoms with Crippen LogP contribution >= 0.6 is 22.6 Å². The standard InChI is InChI=1S/C18H19IN2O3/c1-11(2)17(22)21-15-9-8-12(10-16(15)24-3)20-18(23)13-6-4-5-7-14(13)19/h4-11H,1-3H3,(H,20,23)(H,21,22). The van der Waals surface area contributed by atoms with E-state index in [1.807, 2.05) is 32.0 Å². The molecule has 0 radical (unpaired) electrons. The minimum Gasteiger partial charge on any atom is -0.494 e. The largest absolute Gasteiger partial charge is 0.494 e. The number of rotatable bonds is 5. The zero-order valence-electron chi connectivity index (χ0n) is 13.7. The molecule has 2 aromatic rings. The van der Waals surface area contributed by atoms with Gasteiger partial charge in [-0.1, -0.05) is 26.0 Å². The Hall–Kier alpha value is -2.09. The fraction of sp³-hybridized carbons (Fsp3) is 0.222. The van der Waals surface area contributed by atoms with Crippen molar-refractivity contribution < 1.29 is 14.3 Å². The molecule has 6 heteroatoms. The van der Waals surface area contributed by atoms with Crippen LogP contribution in [0.2, 0.25) is 0 Å². The molecule has 2 aromatic carbocycles. The maximum absolute atomic E-state index is 12.4. The highest BCUT2D eigenvalue weighted by Crippen LogP contribution is 2.28. The Labute approximate surface area is 154 Å². The first kappa shape index (κ1) is 18.3. The van der Waals surface area contributed by atoms with Gasteiger partial charge in [-0.3, -0.25) is 9.59 Å². The molecule has 0 atom stereocenters. The topological polar surface area (TPSA) is 67.4 Å². The molecule has 2 N–H and O–H groups in total. The summed E-state index contributed by atoms with van der Waals surface area (Å²) in [6.07, 6.45) is 0. The van der Waals surface area contributed by atoms with E-state index in [4.69, 9.17) is 4.74 Å². The smallest absolute Gasteiger partial charge is 0.256 e. The summed E-state index contributed by atoms with van der Waals surface area (Å²) in [4.78, 5) is 24.2. The lowest BCUT2D eigenvalue weighted by Crippen LogP contribution is -2.18. The average molecular weight is 438 g/mol. The zero-order chi connectivity index (χ0) is 17.7. The van der Waals surface area contributed by atoms with E-state index in [1.54, 1.807) is 24.3 Å². The molecule has 0 saturated carbocycles. The van der Waals surface area contributed by atoms with E-state index in [2.05, 4.69) is 33.2 Å². The molecule has 5 nitrogen and oxygen atoms in total. The highest BCUT2D eigenvalue weighted by molar-refractivity contribution is 14.1. The third-order valence-corrected chi connectivity index (χ3v) is 4.30. The molecule has 2 amide bonds. The van der Waals surface area contributed by atoms with Crippen molar-refractivity contribution in [2.24, 2.45) is 5.92 Å². The van der Waals surface area contributed by atoms with Crippen molar-refractivity contribution in [3.05, 3.63) is 51.6 Å². The van der Waals surface area contributed by atoms with Gasteiger partial charge in [-0.2, -0.15) is 0 Å². The third-order valence-electron chi connectivity index (χ3n) is 3.36. The van der Waals surface area contributed by atoms with Crippen LogP contribution in [0.1, 0.15) is 24.2 Å². The lowest BCUT2D eigenvalue weighted by atomic mass is 10.2. The van der Waals surface area contributed by atoms with Gasteiger partial charge in [0.1, 0.15) is 5.75 Å². The number of amides is 2. The molecule has 2 rings (SSSR count). The average Bonchev–Trinajstić information content (AvgIpc) is 2.56. The summed E-state index contributed by atoms with van der Waals surface area (Å²) < 4.78 is 6.19. The van der Waals surface area contributed by atoms with E-state index in [0.29, 0.717) is 22.7 Å². The van der Waals surface area contributed by atoms with Gasteiger partial charge in [0.25, 0.3) is 5.91 Å². The molecule has 0 spiro atoms. The molecular formula is C18H19IN2O3. The third kappa shape index (κ3) is 4.47. The number of anilines is 2. The number of ether oxygens (including phenoxy) is 1. The molecule has 0 saturated heterocycles. The number of carbonyl (C=O) groups is 2. The molecular weight excluding hydrogens is 419 g/mol. The maximum Gasteiger partial charge on any atom is 0.256 e. The molecule has 0 aliphatic rings. The Balaban J connectivity index is 2.19. The Morgan fingerprint density at radius 1 is 1.08 bits per heavy atom. The van der Waals surface area contributed by atoms with Gasteiger partial charge < -0.3 is 15.4 Å². The molecule has 0 fully saturated rings. The van der Waals surface area contributed by atoms with Gasteiger partial charge in [0, 0.05) is 21.2 Å². The van der Waals surface area contributed by atoms with Crippen LogP contribution < -0.4 is 15.4 Å². The molecule has 24 heavy (non-hydrogen) atoms. The number of carbonyl (C=O) groups excluding carboxylic acids is 2. The van der Waals surface area contributed by atoms with Gasteiger partial charge in [0.2, 0.25) is 5.91 Å². The van der Waals surface area contributed by atoms with Crippen molar-refractivity contribution in [3.63, 3.8) is 0 Å². The van der Waals surface area contributed by atoms with Crippen molar-refractivity contribution >= 4 is 45.8 Å². The summed E-state index contributed by atoms with van der Waals surface area (Å²) in [5.41, 5.74) is 1.77. The van der Waals surface area contributed by atoms with Gasteiger partial charge in [0.15, 0.2) is 0 Å². The Kier molecular flexibility index (Phi) is 6.19. The van der Waals surface area contributed by atoms with E-state index >= 15 is 0 Å². The van der Waals surface area contributed by atoms with Crippen LogP contribution in [0.3, 0.4) is 0 Å².